The molecule has 108 valence electrons. The predicted molar refractivity (Wildman–Crippen MR) is 73.1 cm³/mol. The lowest BCUT2D eigenvalue weighted by molar-refractivity contribution is -0.143. The van der Waals surface area contributed by atoms with Crippen molar-refractivity contribution >= 4 is 11.9 Å². The molecule has 1 amide bonds. The summed E-state index contributed by atoms with van der Waals surface area (Å²) in [6.45, 7) is 5.50. The van der Waals surface area contributed by atoms with Crippen molar-refractivity contribution in [3.63, 3.8) is 0 Å². The molecular formula is C15H19NO4. The van der Waals surface area contributed by atoms with Gasteiger partial charge < -0.3 is 14.4 Å². The molecule has 0 fully saturated rings. The van der Waals surface area contributed by atoms with E-state index < -0.39 is 0 Å². The Labute approximate surface area is 118 Å². The van der Waals surface area contributed by atoms with E-state index in [0.717, 1.165) is 11.1 Å². The number of esters is 1. The monoisotopic (exact) mass is 277 g/mol. The summed E-state index contributed by atoms with van der Waals surface area (Å²) < 4.78 is 10.2. The molecule has 5 nitrogen and oxygen atoms in total. The van der Waals surface area contributed by atoms with Gasteiger partial charge in [0.15, 0.2) is 0 Å². The number of rotatable bonds is 5. The Balaban J connectivity index is 2.10. The number of fused-ring (bicyclic) bond motifs is 1. The van der Waals surface area contributed by atoms with Crippen LogP contribution in [-0.2, 0) is 27.5 Å². The standard InChI is InChI=1S/C15H19NO4/c1-3-16(8-14(17)20-4-2)15(18)11-5-6-12-9-19-10-13(12)7-11/h5-7H,3-4,8-10H2,1-2H3. The van der Waals surface area contributed by atoms with Gasteiger partial charge in [0, 0.05) is 12.1 Å². The van der Waals surface area contributed by atoms with E-state index in [1.165, 1.54) is 4.90 Å². The van der Waals surface area contributed by atoms with Gasteiger partial charge in [-0.1, -0.05) is 6.07 Å². The van der Waals surface area contributed by atoms with Crippen LogP contribution in [0, 0.1) is 0 Å². The van der Waals surface area contributed by atoms with Crippen LogP contribution >= 0.6 is 0 Å². The third kappa shape index (κ3) is 3.17. The summed E-state index contributed by atoms with van der Waals surface area (Å²) in [7, 11) is 0. The first kappa shape index (κ1) is 14.5. The number of nitrogens with zero attached hydrogens (tertiary/aromatic N) is 1. The van der Waals surface area contributed by atoms with Crippen LogP contribution in [0.3, 0.4) is 0 Å². The highest BCUT2D eigenvalue weighted by Gasteiger charge is 2.20. The minimum atomic E-state index is -0.382. The van der Waals surface area contributed by atoms with Gasteiger partial charge in [-0.05, 0) is 37.1 Å². The zero-order chi connectivity index (χ0) is 14.5. The molecule has 0 bridgehead atoms. The molecule has 0 unspecified atom stereocenters. The summed E-state index contributed by atoms with van der Waals surface area (Å²) in [6, 6.07) is 5.54. The maximum atomic E-state index is 12.4. The first-order valence-electron chi connectivity index (χ1n) is 6.80. The number of likely N-dealkylation sites (N-methyl/N-ethyl adjacent to an activating group) is 1. The van der Waals surface area contributed by atoms with Crippen LogP contribution in [0.2, 0.25) is 0 Å². The summed E-state index contributed by atoms with van der Waals surface area (Å²) in [6.07, 6.45) is 0. The van der Waals surface area contributed by atoms with Crippen LogP contribution in [0.5, 0.6) is 0 Å². The van der Waals surface area contributed by atoms with Crippen molar-refractivity contribution in [1.82, 2.24) is 4.90 Å². The molecule has 0 aliphatic carbocycles. The van der Waals surface area contributed by atoms with Gasteiger partial charge >= 0.3 is 5.97 Å². The fraction of sp³-hybridized carbons (Fsp3) is 0.467. The molecule has 1 aliphatic rings. The Morgan fingerprint density at radius 1 is 1.25 bits per heavy atom. The van der Waals surface area contributed by atoms with Gasteiger partial charge in [0.2, 0.25) is 0 Å². The zero-order valence-electron chi connectivity index (χ0n) is 11.8. The van der Waals surface area contributed by atoms with Gasteiger partial charge in [-0.2, -0.15) is 0 Å². The van der Waals surface area contributed by atoms with Crippen molar-refractivity contribution in [3.05, 3.63) is 34.9 Å². The average molecular weight is 277 g/mol. The second-order valence-corrected chi connectivity index (χ2v) is 4.60. The van der Waals surface area contributed by atoms with Crippen molar-refractivity contribution in [2.24, 2.45) is 0 Å². The quantitative estimate of drug-likeness (QED) is 0.769. The molecular weight excluding hydrogens is 258 g/mol. The number of ether oxygens (including phenoxy) is 2. The number of carbonyl (C=O) groups is 2. The molecule has 0 aromatic heterocycles. The van der Waals surface area contributed by atoms with Crippen molar-refractivity contribution in [2.75, 3.05) is 19.7 Å². The molecule has 20 heavy (non-hydrogen) atoms. The Hall–Kier alpha value is -1.88. The molecule has 2 rings (SSSR count). The van der Waals surface area contributed by atoms with Gasteiger partial charge in [-0.15, -0.1) is 0 Å². The van der Waals surface area contributed by atoms with Crippen LogP contribution < -0.4 is 0 Å². The maximum absolute atomic E-state index is 12.4. The number of hydrogen-bond acceptors (Lipinski definition) is 4. The maximum Gasteiger partial charge on any atom is 0.325 e. The van der Waals surface area contributed by atoms with Crippen LogP contribution in [0.15, 0.2) is 18.2 Å². The van der Waals surface area contributed by atoms with Gasteiger partial charge in [0.1, 0.15) is 6.54 Å². The van der Waals surface area contributed by atoms with Crippen LogP contribution in [0.4, 0.5) is 0 Å². The van der Waals surface area contributed by atoms with Crippen molar-refractivity contribution in [3.8, 4) is 0 Å². The summed E-state index contributed by atoms with van der Waals surface area (Å²) >= 11 is 0. The average Bonchev–Trinajstić information content (AvgIpc) is 2.91. The van der Waals surface area contributed by atoms with Crippen LogP contribution in [0.1, 0.15) is 35.3 Å². The SMILES string of the molecule is CCOC(=O)CN(CC)C(=O)c1ccc2c(c1)COC2. The van der Waals surface area contributed by atoms with Crippen molar-refractivity contribution in [1.29, 1.82) is 0 Å². The second-order valence-electron chi connectivity index (χ2n) is 4.60. The molecule has 0 atom stereocenters. The highest BCUT2D eigenvalue weighted by atomic mass is 16.5. The van der Waals surface area contributed by atoms with Gasteiger partial charge in [0.25, 0.3) is 5.91 Å². The zero-order valence-corrected chi connectivity index (χ0v) is 11.8. The number of hydrogen-bond donors (Lipinski definition) is 0. The highest BCUT2D eigenvalue weighted by Crippen LogP contribution is 2.21. The van der Waals surface area contributed by atoms with Crippen molar-refractivity contribution < 1.29 is 19.1 Å². The Kier molecular flexibility index (Phi) is 4.74. The van der Waals surface area contributed by atoms with E-state index in [0.29, 0.717) is 31.9 Å². The summed E-state index contributed by atoms with van der Waals surface area (Å²) in [4.78, 5) is 25.4. The number of amides is 1. The second kappa shape index (κ2) is 6.52. The Morgan fingerprint density at radius 3 is 2.70 bits per heavy atom. The Bertz CT molecular complexity index is 513. The lowest BCUT2D eigenvalue weighted by Crippen LogP contribution is -2.36. The number of carbonyl (C=O) groups excluding carboxylic acids is 2. The van der Waals surface area contributed by atoms with E-state index in [4.69, 9.17) is 9.47 Å². The summed E-state index contributed by atoms with van der Waals surface area (Å²) in [5.74, 6) is -0.539. The first-order chi connectivity index (χ1) is 9.65. The summed E-state index contributed by atoms with van der Waals surface area (Å²) in [5.41, 5.74) is 2.75. The summed E-state index contributed by atoms with van der Waals surface area (Å²) in [5, 5.41) is 0. The molecule has 0 N–H and O–H groups in total. The fourth-order valence-corrected chi connectivity index (χ4v) is 2.18. The lowest BCUT2D eigenvalue weighted by Gasteiger charge is -2.20. The molecule has 1 heterocycles. The minimum Gasteiger partial charge on any atom is -0.465 e. The molecule has 0 saturated carbocycles. The van der Waals surface area contributed by atoms with E-state index >= 15 is 0 Å². The van der Waals surface area contributed by atoms with E-state index in [9.17, 15) is 9.59 Å². The smallest absolute Gasteiger partial charge is 0.325 e. The third-order valence-electron chi connectivity index (χ3n) is 3.26. The largest absolute Gasteiger partial charge is 0.465 e. The topological polar surface area (TPSA) is 55.8 Å². The van der Waals surface area contributed by atoms with E-state index in [1.54, 1.807) is 13.0 Å². The van der Waals surface area contributed by atoms with Crippen LogP contribution in [0.25, 0.3) is 0 Å². The fourth-order valence-electron chi connectivity index (χ4n) is 2.18. The first-order valence-corrected chi connectivity index (χ1v) is 6.80. The molecule has 0 spiro atoms. The molecule has 1 aromatic carbocycles. The Morgan fingerprint density at radius 2 is 2.00 bits per heavy atom. The third-order valence-corrected chi connectivity index (χ3v) is 3.26. The van der Waals surface area contributed by atoms with Gasteiger partial charge in [-0.25, -0.2) is 0 Å². The van der Waals surface area contributed by atoms with E-state index in [-0.39, 0.29) is 18.4 Å². The highest BCUT2D eigenvalue weighted by molar-refractivity contribution is 5.96. The van der Waals surface area contributed by atoms with Crippen LogP contribution in [-0.4, -0.2) is 36.5 Å². The lowest BCUT2D eigenvalue weighted by atomic mass is 10.1. The van der Waals surface area contributed by atoms with E-state index in [1.807, 2.05) is 19.1 Å². The normalized spacial score (nSPS) is 12.9. The van der Waals surface area contributed by atoms with E-state index in [2.05, 4.69) is 0 Å². The predicted octanol–water partition coefficient (Wildman–Crippen LogP) is 1.74. The molecule has 1 aromatic rings. The minimum absolute atomic E-state index is 0.0171. The van der Waals surface area contributed by atoms with Gasteiger partial charge in [-0.3, -0.25) is 9.59 Å². The molecule has 0 radical (unpaired) electrons. The molecule has 1 aliphatic heterocycles. The van der Waals surface area contributed by atoms with Gasteiger partial charge in [0.05, 0.1) is 19.8 Å². The molecule has 0 saturated heterocycles. The molecule has 5 heteroatoms. The number of benzene rings is 1. The van der Waals surface area contributed by atoms with Crippen molar-refractivity contribution in [2.45, 2.75) is 27.1 Å².